The van der Waals surface area contributed by atoms with Crippen LogP contribution >= 0.6 is 18.5 Å². The smallest absolute Gasteiger partial charge is 0.00487 e. The molecule has 0 spiro atoms. The minimum absolute atomic E-state index is 0.350. The van der Waals surface area contributed by atoms with E-state index in [1.807, 2.05) is 0 Å². The molecule has 0 aliphatic carbocycles. The van der Waals surface area contributed by atoms with Crippen LogP contribution in [0.4, 0.5) is 0 Å². The Kier molecular flexibility index (Phi) is 11.9. The molecule has 0 saturated carbocycles. The lowest BCUT2D eigenvalue weighted by atomic mass is 9.70. The maximum Gasteiger partial charge on any atom is 0.00487 e. The van der Waals surface area contributed by atoms with Crippen LogP contribution in [0.2, 0.25) is 0 Å². The molecule has 0 aromatic rings. The quantitative estimate of drug-likeness (QED) is 0.315. The molecule has 0 nitrogen and oxygen atoms in total. The highest BCUT2D eigenvalue weighted by Gasteiger charge is 2.42. The van der Waals surface area contributed by atoms with Crippen LogP contribution in [0, 0.1) is 5.41 Å². The number of hydrogen-bond donors (Lipinski definition) is 0. The number of rotatable bonds is 13. The van der Waals surface area contributed by atoms with Crippen LogP contribution in [-0.2, 0) is 0 Å². The van der Waals surface area contributed by atoms with E-state index >= 15 is 0 Å². The summed E-state index contributed by atoms with van der Waals surface area (Å²) in [7, 11) is 6.52. The lowest BCUT2D eigenvalue weighted by molar-refractivity contribution is 0.168. The van der Waals surface area contributed by atoms with E-state index in [0.29, 0.717) is 10.3 Å². The van der Waals surface area contributed by atoms with Gasteiger partial charge in [-0.3, -0.25) is 0 Å². The lowest BCUT2D eigenvalue weighted by Crippen LogP contribution is -2.39. The molecule has 0 saturated heterocycles. The van der Waals surface area contributed by atoms with Gasteiger partial charge >= 0.3 is 0 Å². The van der Waals surface area contributed by atoms with Gasteiger partial charge in [-0.05, 0) is 31.1 Å². The van der Waals surface area contributed by atoms with Crippen molar-refractivity contribution in [2.75, 3.05) is 0 Å². The van der Waals surface area contributed by atoms with E-state index < -0.39 is 0 Å². The van der Waals surface area contributed by atoms with E-state index in [9.17, 15) is 0 Å². The average molecular weight is 318 g/mol. The molecule has 0 heterocycles. The van der Waals surface area contributed by atoms with Crippen LogP contribution in [0.25, 0.3) is 0 Å². The predicted octanol–water partition coefficient (Wildman–Crippen LogP) is 7.18. The van der Waals surface area contributed by atoms with Gasteiger partial charge < -0.3 is 0 Å². The van der Waals surface area contributed by atoms with Crippen molar-refractivity contribution in [2.24, 2.45) is 5.41 Å². The third kappa shape index (κ3) is 6.75. The number of hydrogen-bond acceptors (Lipinski definition) is 0. The summed E-state index contributed by atoms with van der Waals surface area (Å²) in [6.07, 6.45) is 16.4. The fourth-order valence-electron chi connectivity index (χ4n) is 3.35. The normalized spacial score (nSPS) is 12.9. The summed E-state index contributed by atoms with van der Waals surface area (Å²) < 4.78 is 0. The Morgan fingerprint density at radius 1 is 0.550 bits per heavy atom. The Bertz CT molecular complexity index is 202. The van der Waals surface area contributed by atoms with E-state index in [2.05, 4.69) is 46.2 Å². The second-order valence-corrected chi connectivity index (χ2v) is 9.46. The first kappa shape index (κ1) is 20.9. The highest BCUT2D eigenvalue weighted by Crippen LogP contribution is 2.56. The summed E-state index contributed by atoms with van der Waals surface area (Å²) in [5.74, 6) is 0. The minimum atomic E-state index is 0.350. The van der Waals surface area contributed by atoms with E-state index in [4.69, 9.17) is 0 Å². The fraction of sp³-hybridized carbons (Fsp3) is 1.00. The van der Waals surface area contributed by atoms with Crippen molar-refractivity contribution >= 4 is 18.5 Å². The van der Waals surface area contributed by atoms with Crippen LogP contribution in [-0.4, -0.2) is 4.90 Å². The molecular weight excluding hydrogens is 278 g/mol. The van der Waals surface area contributed by atoms with Gasteiger partial charge in [-0.1, -0.05) is 79.1 Å². The van der Waals surface area contributed by atoms with Crippen molar-refractivity contribution in [3.8, 4) is 0 Å². The summed E-state index contributed by atoms with van der Waals surface area (Å²) in [5.41, 5.74) is 0.527. The Balaban J connectivity index is 5.08. The third-order valence-electron chi connectivity index (χ3n) is 4.96. The highest BCUT2D eigenvalue weighted by molar-refractivity contribution is 7.40. The molecule has 20 heavy (non-hydrogen) atoms. The van der Waals surface area contributed by atoms with Gasteiger partial charge in [0.15, 0.2) is 0 Å². The van der Waals surface area contributed by atoms with Crippen LogP contribution in [0.5, 0.6) is 0 Å². The molecular formula is C18H40P2. The van der Waals surface area contributed by atoms with E-state index in [-0.39, 0.29) is 0 Å². The fourth-order valence-corrected chi connectivity index (χ4v) is 4.63. The Labute approximate surface area is 134 Å². The van der Waals surface area contributed by atoms with Gasteiger partial charge in [-0.25, -0.2) is 0 Å². The van der Waals surface area contributed by atoms with Crippen molar-refractivity contribution in [2.45, 2.75) is 110 Å². The monoisotopic (exact) mass is 318 g/mol. The molecule has 0 amide bonds. The first-order valence-corrected chi connectivity index (χ1v) is 10.2. The zero-order chi connectivity index (χ0) is 15.5. The van der Waals surface area contributed by atoms with E-state index in [0.717, 1.165) is 0 Å². The van der Waals surface area contributed by atoms with Crippen molar-refractivity contribution in [3.63, 3.8) is 0 Å². The lowest BCUT2D eigenvalue weighted by Gasteiger charge is -2.48. The van der Waals surface area contributed by atoms with Gasteiger partial charge in [0.2, 0.25) is 0 Å². The van der Waals surface area contributed by atoms with Gasteiger partial charge in [0, 0.05) is 4.90 Å². The minimum Gasteiger partial charge on any atom is -0.126 e. The first-order valence-electron chi connectivity index (χ1n) is 9.07. The van der Waals surface area contributed by atoms with Gasteiger partial charge in [0.1, 0.15) is 0 Å². The highest BCUT2D eigenvalue weighted by atomic mass is 31.1. The summed E-state index contributed by atoms with van der Waals surface area (Å²) >= 11 is 0. The maximum absolute atomic E-state index is 3.26. The van der Waals surface area contributed by atoms with Crippen molar-refractivity contribution in [1.82, 2.24) is 0 Å². The summed E-state index contributed by atoms with van der Waals surface area (Å²) in [4.78, 5) is 0.350. The molecule has 0 N–H and O–H groups in total. The molecule has 2 atom stereocenters. The Hall–Kier alpha value is 0.860. The number of unbranched alkanes of at least 4 members (excludes halogenated alkanes) is 4. The van der Waals surface area contributed by atoms with E-state index in [1.54, 1.807) is 0 Å². The first-order chi connectivity index (χ1) is 9.49. The second kappa shape index (κ2) is 11.4. The van der Waals surface area contributed by atoms with Crippen LogP contribution < -0.4 is 0 Å². The van der Waals surface area contributed by atoms with Crippen LogP contribution in [0.15, 0.2) is 0 Å². The topological polar surface area (TPSA) is 0 Å². The zero-order valence-electron chi connectivity index (χ0n) is 14.6. The van der Waals surface area contributed by atoms with Crippen molar-refractivity contribution < 1.29 is 0 Å². The molecule has 122 valence electrons. The Morgan fingerprint density at radius 3 is 1.15 bits per heavy atom. The summed E-state index contributed by atoms with van der Waals surface area (Å²) in [5, 5.41) is 0. The van der Waals surface area contributed by atoms with Crippen molar-refractivity contribution in [1.29, 1.82) is 0 Å². The predicted molar refractivity (Wildman–Crippen MR) is 103 cm³/mol. The molecule has 0 radical (unpaired) electrons. The SMILES string of the molecule is CCCCC(P)(P)C(CCCC)(CCCC)CCCC. The van der Waals surface area contributed by atoms with Crippen molar-refractivity contribution in [3.05, 3.63) is 0 Å². The standard InChI is InChI=1S/C18H40P2/c1-5-9-13-17(14-10-6-2,15-11-7-3)18(19,20)16-12-8-4/h5-16,19-20H2,1-4H3. The Morgan fingerprint density at radius 2 is 0.850 bits per heavy atom. The second-order valence-electron chi connectivity index (χ2n) is 6.73. The van der Waals surface area contributed by atoms with Gasteiger partial charge in [-0.15, -0.1) is 18.5 Å². The average Bonchev–Trinajstić information content (AvgIpc) is 2.44. The largest absolute Gasteiger partial charge is 0.126 e. The molecule has 0 aromatic heterocycles. The van der Waals surface area contributed by atoms with Crippen LogP contribution in [0.1, 0.15) is 105 Å². The molecule has 0 fully saturated rings. The maximum atomic E-state index is 3.26. The molecule has 0 aliphatic rings. The summed E-state index contributed by atoms with van der Waals surface area (Å²) in [6, 6.07) is 0. The molecule has 0 rings (SSSR count). The molecule has 2 unspecified atom stereocenters. The zero-order valence-corrected chi connectivity index (χ0v) is 16.9. The van der Waals surface area contributed by atoms with Crippen LogP contribution in [0.3, 0.4) is 0 Å². The molecule has 0 aliphatic heterocycles. The van der Waals surface area contributed by atoms with Gasteiger partial charge in [0.05, 0.1) is 0 Å². The summed E-state index contributed by atoms with van der Waals surface area (Å²) in [6.45, 7) is 9.33. The molecule has 2 heteroatoms. The van der Waals surface area contributed by atoms with Gasteiger partial charge in [0.25, 0.3) is 0 Å². The van der Waals surface area contributed by atoms with Gasteiger partial charge in [-0.2, -0.15) is 0 Å². The third-order valence-corrected chi connectivity index (χ3v) is 6.76. The molecule has 0 bridgehead atoms. The van der Waals surface area contributed by atoms with E-state index in [1.165, 1.54) is 77.0 Å². The molecule has 0 aromatic carbocycles.